The zero-order valence-corrected chi connectivity index (χ0v) is 13.4. The Hall–Kier alpha value is -2.65. The van der Waals surface area contributed by atoms with Crippen LogP contribution in [0.3, 0.4) is 0 Å². The Bertz CT molecular complexity index is 785. The third-order valence-electron chi connectivity index (χ3n) is 4.01. The van der Waals surface area contributed by atoms with Crippen molar-refractivity contribution in [1.82, 2.24) is 5.32 Å². The topological polar surface area (TPSA) is 32.3 Å². The maximum absolute atomic E-state index is 12.9. The lowest BCUT2D eigenvalue weighted by Gasteiger charge is -2.10. The highest BCUT2D eigenvalue weighted by Gasteiger charge is 2.04. The second-order valence-electron chi connectivity index (χ2n) is 5.76. The Morgan fingerprint density at radius 1 is 0.833 bits per heavy atom. The van der Waals surface area contributed by atoms with Gasteiger partial charge in [0.25, 0.3) is 0 Å². The Balaban J connectivity index is 1.59. The zero-order chi connectivity index (χ0) is 16.8. The fraction of sp³-hybridized carbons (Fsp3) is 0.143. The molecule has 0 amide bonds. The van der Waals surface area contributed by atoms with Gasteiger partial charge in [-0.2, -0.15) is 0 Å². The summed E-state index contributed by atoms with van der Waals surface area (Å²) in [6, 6.07) is 22.3. The molecular weight excluding hydrogens is 301 g/mol. The number of hydrogen-bond acceptors (Lipinski definition) is 2. The van der Waals surface area contributed by atoms with Crippen LogP contribution >= 0.6 is 0 Å². The van der Waals surface area contributed by atoms with Gasteiger partial charge >= 0.3 is 0 Å². The van der Waals surface area contributed by atoms with Crippen molar-refractivity contribution >= 4 is 0 Å². The van der Waals surface area contributed by atoms with Crippen LogP contribution in [-0.4, -0.2) is 11.7 Å². The Kier molecular flexibility index (Phi) is 5.24. The Morgan fingerprint density at radius 2 is 1.58 bits per heavy atom. The third kappa shape index (κ3) is 4.21. The van der Waals surface area contributed by atoms with E-state index in [9.17, 15) is 9.50 Å². The second-order valence-corrected chi connectivity index (χ2v) is 5.76. The Morgan fingerprint density at radius 3 is 2.33 bits per heavy atom. The number of nitrogens with one attached hydrogen (secondary N) is 1. The van der Waals surface area contributed by atoms with Crippen LogP contribution in [0.25, 0.3) is 11.1 Å². The fourth-order valence-electron chi connectivity index (χ4n) is 2.64. The monoisotopic (exact) mass is 321 g/mol. The van der Waals surface area contributed by atoms with E-state index in [0.717, 1.165) is 35.2 Å². The molecule has 0 aliphatic carbocycles. The molecule has 2 nitrogen and oxygen atoms in total. The largest absolute Gasteiger partial charge is 0.508 e. The maximum atomic E-state index is 12.9. The van der Waals surface area contributed by atoms with Gasteiger partial charge in [0.05, 0.1) is 0 Å². The van der Waals surface area contributed by atoms with E-state index in [-0.39, 0.29) is 5.82 Å². The van der Waals surface area contributed by atoms with E-state index in [2.05, 4.69) is 17.4 Å². The lowest BCUT2D eigenvalue weighted by Crippen LogP contribution is -2.16. The van der Waals surface area contributed by atoms with Gasteiger partial charge in [0.1, 0.15) is 11.6 Å². The summed E-state index contributed by atoms with van der Waals surface area (Å²) in [7, 11) is 0. The molecule has 0 spiro atoms. The second kappa shape index (κ2) is 7.75. The summed E-state index contributed by atoms with van der Waals surface area (Å²) < 4.78 is 12.9. The van der Waals surface area contributed by atoms with Crippen LogP contribution in [0, 0.1) is 5.82 Å². The molecule has 0 unspecified atom stereocenters. The molecule has 122 valence electrons. The summed E-state index contributed by atoms with van der Waals surface area (Å²) in [6.07, 6.45) is 0.819. The van der Waals surface area contributed by atoms with Crippen LogP contribution in [0.4, 0.5) is 4.39 Å². The average molecular weight is 321 g/mol. The molecule has 3 rings (SSSR count). The minimum absolute atomic E-state index is 0.214. The number of hydrogen-bond donors (Lipinski definition) is 2. The van der Waals surface area contributed by atoms with Gasteiger partial charge in [-0.25, -0.2) is 4.39 Å². The van der Waals surface area contributed by atoms with E-state index in [4.69, 9.17) is 0 Å². The number of aromatic hydroxyl groups is 1. The molecule has 0 saturated carbocycles. The van der Waals surface area contributed by atoms with E-state index < -0.39 is 0 Å². The van der Waals surface area contributed by atoms with Gasteiger partial charge in [0.15, 0.2) is 0 Å². The minimum atomic E-state index is -0.214. The molecule has 2 N–H and O–H groups in total. The number of halogens is 1. The first-order valence-electron chi connectivity index (χ1n) is 8.05. The molecule has 0 atom stereocenters. The smallest absolute Gasteiger partial charge is 0.123 e. The molecule has 0 aliphatic rings. The first kappa shape index (κ1) is 16.2. The van der Waals surface area contributed by atoms with Crippen LogP contribution in [0.5, 0.6) is 5.75 Å². The first-order valence-corrected chi connectivity index (χ1v) is 8.05. The van der Waals surface area contributed by atoms with Crippen molar-refractivity contribution in [3.05, 3.63) is 89.7 Å². The lowest BCUT2D eigenvalue weighted by atomic mass is 10.0. The molecule has 0 saturated heterocycles. The molecule has 3 aromatic rings. The van der Waals surface area contributed by atoms with Crippen LogP contribution in [-0.2, 0) is 13.0 Å². The SMILES string of the molecule is Oc1ccc(-c2ccccc2)cc1CNCCc1ccc(F)cc1. The average Bonchev–Trinajstić information content (AvgIpc) is 2.62. The van der Waals surface area contributed by atoms with Gasteiger partial charge in [-0.3, -0.25) is 0 Å². The van der Waals surface area contributed by atoms with Crippen molar-refractivity contribution in [2.75, 3.05) is 6.54 Å². The van der Waals surface area contributed by atoms with Gasteiger partial charge in [-0.15, -0.1) is 0 Å². The highest BCUT2D eigenvalue weighted by Crippen LogP contribution is 2.25. The van der Waals surface area contributed by atoms with E-state index in [1.807, 2.05) is 30.3 Å². The van der Waals surface area contributed by atoms with E-state index >= 15 is 0 Å². The quantitative estimate of drug-likeness (QED) is 0.654. The normalized spacial score (nSPS) is 10.7. The minimum Gasteiger partial charge on any atom is -0.508 e. The first-order chi connectivity index (χ1) is 11.7. The summed E-state index contributed by atoms with van der Waals surface area (Å²) >= 11 is 0. The molecule has 24 heavy (non-hydrogen) atoms. The molecule has 3 aromatic carbocycles. The zero-order valence-electron chi connectivity index (χ0n) is 13.4. The molecule has 0 fully saturated rings. The van der Waals surface area contributed by atoms with Crippen molar-refractivity contribution in [2.45, 2.75) is 13.0 Å². The van der Waals surface area contributed by atoms with Crippen LogP contribution in [0.1, 0.15) is 11.1 Å². The molecule has 3 heteroatoms. The van der Waals surface area contributed by atoms with Crippen LogP contribution < -0.4 is 5.32 Å². The van der Waals surface area contributed by atoms with E-state index in [1.54, 1.807) is 18.2 Å². The van der Waals surface area contributed by atoms with E-state index in [1.165, 1.54) is 12.1 Å². The van der Waals surface area contributed by atoms with Crippen molar-refractivity contribution in [1.29, 1.82) is 0 Å². The van der Waals surface area contributed by atoms with Crippen molar-refractivity contribution in [2.24, 2.45) is 0 Å². The Labute approximate surface area is 141 Å². The summed E-state index contributed by atoms with van der Waals surface area (Å²) in [5.74, 6) is 0.0818. The van der Waals surface area contributed by atoms with Crippen LogP contribution in [0.2, 0.25) is 0 Å². The number of rotatable bonds is 6. The molecular formula is C21H20FNO. The molecule has 0 bridgehead atoms. The predicted octanol–water partition coefficient (Wildman–Crippen LogP) is 4.53. The van der Waals surface area contributed by atoms with Gasteiger partial charge in [0, 0.05) is 12.1 Å². The van der Waals surface area contributed by atoms with Gasteiger partial charge in [-0.05, 0) is 53.9 Å². The highest BCUT2D eigenvalue weighted by molar-refractivity contribution is 5.65. The van der Waals surface area contributed by atoms with Crippen molar-refractivity contribution in [3.8, 4) is 16.9 Å². The van der Waals surface area contributed by atoms with Gasteiger partial charge < -0.3 is 10.4 Å². The summed E-state index contributed by atoms with van der Waals surface area (Å²) in [4.78, 5) is 0. The highest BCUT2D eigenvalue weighted by atomic mass is 19.1. The van der Waals surface area contributed by atoms with Crippen molar-refractivity contribution in [3.63, 3.8) is 0 Å². The summed E-state index contributed by atoms with van der Waals surface area (Å²) in [5.41, 5.74) is 4.18. The number of phenols is 1. The van der Waals surface area contributed by atoms with Crippen LogP contribution in [0.15, 0.2) is 72.8 Å². The summed E-state index contributed by atoms with van der Waals surface area (Å²) in [6.45, 7) is 1.36. The van der Waals surface area contributed by atoms with Gasteiger partial charge in [0.2, 0.25) is 0 Å². The lowest BCUT2D eigenvalue weighted by molar-refractivity contribution is 0.464. The molecule has 0 aliphatic heterocycles. The number of benzene rings is 3. The predicted molar refractivity (Wildman–Crippen MR) is 95.4 cm³/mol. The molecule has 0 heterocycles. The third-order valence-corrected chi connectivity index (χ3v) is 4.01. The summed E-state index contributed by atoms with van der Waals surface area (Å²) in [5, 5.41) is 13.4. The standard InChI is InChI=1S/C21H20FNO/c22-20-9-6-16(7-10-20)12-13-23-15-19-14-18(8-11-21(19)24)17-4-2-1-3-5-17/h1-11,14,23-24H,12-13,15H2. The van der Waals surface area contributed by atoms with Crippen molar-refractivity contribution < 1.29 is 9.50 Å². The van der Waals surface area contributed by atoms with Gasteiger partial charge in [-0.1, -0.05) is 48.5 Å². The fourth-order valence-corrected chi connectivity index (χ4v) is 2.64. The maximum Gasteiger partial charge on any atom is 0.123 e. The molecule has 0 radical (unpaired) electrons. The van der Waals surface area contributed by atoms with E-state index in [0.29, 0.717) is 12.3 Å². The number of phenolic OH excluding ortho intramolecular Hbond substituents is 1. The molecule has 0 aromatic heterocycles.